The van der Waals surface area contributed by atoms with Gasteiger partial charge in [0.2, 0.25) is 5.82 Å². The number of halogens is 3. The van der Waals surface area contributed by atoms with Crippen LogP contribution >= 0.6 is 0 Å². The number of ether oxygens (including phenoxy) is 1. The summed E-state index contributed by atoms with van der Waals surface area (Å²) in [6.07, 6.45) is 0. The lowest BCUT2D eigenvalue weighted by molar-refractivity contribution is -0.387. The highest BCUT2D eigenvalue weighted by atomic mass is 19.3. The van der Waals surface area contributed by atoms with Gasteiger partial charge >= 0.3 is 12.3 Å². The molecule has 0 atom stereocenters. The van der Waals surface area contributed by atoms with Crippen LogP contribution in [0.5, 0.6) is 5.75 Å². The zero-order chi connectivity index (χ0) is 13.2. The number of hydrogen-bond donors (Lipinski definition) is 0. The summed E-state index contributed by atoms with van der Waals surface area (Å²) in [5.74, 6) is -2.95. The predicted molar refractivity (Wildman–Crippen MR) is 49.7 cm³/mol. The van der Waals surface area contributed by atoms with Gasteiger partial charge in [-0.15, -0.1) is 0 Å². The Morgan fingerprint density at radius 1 is 1.47 bits per heavy atom. The number of benzene rings is 1. The second-order valence-electron chi connectivity index (χ2n) is 2.96. The summed E-state index contributed by atoms with van der Waals surface area (Å²) in [4.78, 5) is 20.5. The van der Waals surface area contributed by atoms with E-state index in [1.807, 2.05) is 0 Å². The Kier molecular flexibility index (Phi) is 3.66. The van der Waals surface area contributed by atoms with Gasteiger partial charge in [0, 0.05) is 0 Å². The van der Waals surface area contributed by atoms with E-state index < -0.39 is 40.1 Å². The maximum absolute atomic E-state index is 13.1. The van der Waals surface area contributed by atoms with Crippen LogP contribution in [0.3, 0.4) is 0 Å². The van der Waals surface area contributed by atoms with Crippen molar-refractivity contribution in [2.45, 2.75) is 13.5 Å². The van der Waals surface area contributed by atoms with E-state index in [1.54, 1.807) is 0 Å². The van der Waals surface area contributed by atoms with Crippen molar-refractivity contribution in [2.24, 2.45) is 0 Å². The molecule has 1 aromatic carbocycles. The van der Waals surface area contributed by atoms with Gasteiger partial charge in [-0.2, -0.15) is 13.2 Å². The normalized spacial score (nSPS) is 10.4. The average molecular weight is 249 g/mol. The summed E-state index contributed by atoms with van der Waals surface area (Å²) < 4.78 is 41.1. The van der Waals surface area contributed by atoms with E-state index in [0.717, 1.165) is 13.0 Å². The van der Waals surface area contributed by atoms with Crippen molar-refractivity contribution >= 4 is 11.5 Å². The fourth-order valence-corrected chi connectivity index (χ4v) is 1.26. The fraction of sp³-hybridized carbons (Fsp3) is 0.222. The zero-order valence-corrected chi connectivity index (χ0v) is 8.45. The van der Waals surface area contributed by atoms with Gasteiger partial charge < -0.3 is 4.74 Å². The first-order valence-corrected chi connectivity index (χ1v) is 4.27. The average Bonchev–Trinajstić information content (AvgIpc) is 2.18. The molecule has 0 aliphatic carbocycles. The number of Topliss-reactive ketones (excluding diaryl/α,β-unsaturated/α-hetero) is 1. The van der Waals surface area contributed by atoms with E-state index >= 15 is 0 Å². The Labute approximate surface area is 93.0 Å². The van der Waals surface area contributed by atoms with Crippen LogP contribution in [0, 0.1) is 15.9 Å². The van der Waals surface area contributed by atoms with Gasteiger partial charge in [-0.1, -0.05) is 0 Å². The molecule has 8 heteroatoms. The van der Waals surface area contributed by atoms with Crippen molar-refractivity contribution in [1.29, 1.82) is 0 Å². The van der Waals surface area contributed by atoms with Crippen molar-refractivity contribution < 1.29 is 27.6 Å². The molecule has 92 valence electrons. The molecule has 1 rings (SSSR count). The van der Waals surface area contributed by atoms with E-state index in [4.69, 9.17) is 0 Å². The lowest BCUT2D eigenvalue weighted by atomic mass is 10.1. The Balaban J connectivity index is 3.47. The molecular formula is C9H6F3NO4. The summed E-state index contributed by atoms with van der Waals surface area (Å²) in [6.45, 7) is -2.38. The summed E-state index contributed by atoms with van der Waals surface area (Å²) in [5, 5.41) is 10.6. The molecule has 0 saturated carbocycles. The number of carbonyl (C=O) groups is 1. The third kappa shape index (κ3) is 2.71. The monoisotopic (exact) mass is 249 g/mol. The lowest BCUT2D eigenvalue weighted by Crippen LogP contribution is -2.10. The van der Waals surface area contributed by atoms with E-state index in [2.05, 4.69) is 4.74 Å². The van der Waals surface area contributed by atoms with Crippen LogP contribution in [0.4, 0.5) is 18.9 Å². The molecule has 0 heterocycles. The minimum atomic E-state index is -3.27. The molecule has 17 heavy (non-hydrogen) atoms. The third-order valence-electron chi connectivity index (χ3n) is 1.84. The van der Waals surface area contributed by atoms with Crippen LogP contribution in [0.1, 0.15) is 17.3 Å². The summed E-state index contributed by atoms with van der Waals surface area (Å²) >= 11 is 0. The van der Waals surface area contributed by atoms with Gasteiger partial charge in [0.1, 0.15) is 11.3 Å². The molecule has 5 nitrogen and oxygen atoms in total. The van der Waals surface area contributed by atoms with Crippen LogP contribution in [0.2, 0.25) is 0 Å². The SMILES string of the molecule is CC(=O)c1c(OC(F)F)ccc(F)c1[N+](=O)[O-]. The van der Waals surface area contributed by atoms with Crippen LogP contribution in [0.25, 0.3) is 0 Å². The van der Waals surface area contributed by atoms with Gasteiger partial charge in [0.15, 0.2) is 5.78 Å². The number of nitrogens with zero attached hydrogens (tertiary/aromatic N) is 1. The Hall–Kier alpha value is -2.12. The first kappa shape index (κ1) is 12.9. The van der Waals surface area contributed by atoms with Crippen molar-refractivity contribution in [1.82, 2.24) is 0 Å². The zero-order valence-electron chi connectivity index (χ0n) is 8.45. The minimum absolute atomic E-state index is 0.586. The number of nitro groups is 1. The van der Waals surface area contributed by atoms with Gasteiger partial charge in [-0.25, -0.2) is 0 Å². The number of alkyl halides is 2. The van der Waals surface area contributed by atoms with Crippen LogP contribution in [0.15, 0.2) is 12.1 Å². The molecule has 0 amide bonds. The van der Waals surface area contributed by atoms with Gasteiger partial charge in [0.25, 0.3) is 0 Å². The second kappa shape index (κ2) is 4.81. The highest BCUT2D eigenvalue weighted by Crippen LogP contribution is 2.32. The largest absolute Gasteiger partial charge is 0.434 e. The van der Waals surface area contributed by atoms with Crippen LogP contribution < -0.4 is 4.74 Å². The quantitative estimate of drug-likeness (QED) is 0.467. The third-order valence-corrected chi connectivity index (χ3v) is 1.84. The molecule has 0 saturated heterocycles. The molecule has 0 aromatic heterocycles. The van der Waals surface area contributed by atoms with E-state index in [1.165, 1.54) is 0 Å². The molecule has 0 radical (unpaired) electrons. The Morgan fingerprint density at radius 3 is 2.47 bits per heavy atom. The number of nitro benzene ring substituents is 1. The van der Waals surface area contributed by atoms with E-state index in [0.29, 0.717) is 6.07 Å². The molecule has 0 unspecified atom stereocenters. The fourth-order valence-electron chi connectivity index (χ4n) is 1.26. The molecular weight excluding hydrogens is 243 g/mol. The van der Waals surface area contributed by atoms with Crippen molar-refractivity contribution in [3.8, 4) is 5.75 Å². The summed E-state index contributed by atoms with van der Waals surface area (Å²) in [6, 6.07) is 1.33. The topological polar surface area (TPSA) is 69.4 Å². The molecule has 0 aliphatic rings. The smallest absolute Gasteiger partial charge is 0.387 e. The Bertz CT molecular complexity index is 476. The summed E-state index contributed by atoms with van der Waals surface area (Å²) in [7, 11) is 0. The van der Waals surface area contributed by atoms with Crippen molar-refractivity contribution in [3.05, 3.63) is 33.6 Å². The van der Waals surface area contributed by atoms with E-state index in [9.17, 15) is 28.1 Å². The van der Waals surface area contributed by atoms with Gasteiger partial charge in [-0.05, 0) is 19.1 Å². The number of rotatable bonds is 4. The maximum atomic E-state index is 13.1. The number of hydrogen-bond acceptors (Lipinski definition) is 4. The van der Waals surface area contributed by atoms with Gasteiger partial charge in [-0.3, -0.25) is 14.9 Å². The van der Waals surface area contributed by atoms with Crippen LogP contribution in [-0.4, -0.2) is 17.3 Å². The lowest BCUT2D eigenvalue weighted by Gasteiger charge is -2.09. The van der Waals surface area contributed by atoms with E-state index in [-0.39, 0.29) is 0 Å². The molecule has 0 spiro atoms. The second-order valence-corrected chi connectivity index (χ2v) is 2.96. The van der Waals surface area contributed by atoms with Crippen molar-refractivity contribution in [3.63, 3.8) is 0 Å². The first-order valence-electron chi connectivity index (χ1n) is 4.27. The van der Waals surface area contributed by atoms with Crippen molar-refractivity contribution in [2.75, 3.05) is 0 Å². The molecule has 0 bridgehead atoms. The minimum Gasteiger partial charge on any atom is -0.434 e. The maximum Gasteiger partial charge on any atom is 0.387 e. The summed E-state index contributed by atoms with van der Waals surface area (Å²) in [5.41, 5.74) is -1.98. The predicted octanol–water partition coefficient (Wildman–Crippen LogP) is 2.54. The van der Waals surface area contributed by atoms with Crippen LogP contribution in [-0.2, 0) is 0 Å². The molecule has 0 aliphatic heterocycles. The number of ketones is 1. The standard InChI is InChI=1S/C9H6F3NO4/c1-4(14)7-6(17-9(11)12)3-2-5(10)8(7)13(15)16/h2-3,9H,1H3. The molecule has 0 fully saturated rings. The number of carbonyl (C=O) groups excluding carboxylic acids is 1. The first-order chi connectivity index (χ1) is 7.84. The molecule has 0 N–H and O–H groups in total. The Morgan fingerprint density at radius 2 is 2.06 bits per heavy atom. The highest BCUT2D eigenvalue weighted by molar-refractivity contribution is 6.00. The highest BCUT2D eigenvalue weighted by Gasteiger charge is 2.28. The van der Waals surface area contributed by atoms with Gasteiger partial charge in [0.05, 0.1) is 4.92 Å². The molecule has 1 aromatic rings.